The van der Waals surface area contributed by atoms with Crippen LogP contribution >= 0.6 is 0 Å². The van der Waals surface area contributed by atoms with Gasteiger partial charge in [-0.25, -0.2) is 4.79 Å². The van der Waals surface area contributed by atoms with Crippen molar-refractivity contribution in [3.8, 4) is 0 Å². The quantitative estimate of drug-likeness (QED) is 0.124. The predicted molar refractivity (Wildman–Crippen MR) is 167 cm³/mol. The van der Waals surface area contributed by atoms with Crippen molar-refractivity contribution >= 4 is 6.09 Å². The molecule has 3 aromatic carbocycles. The van der Waals surface area contributed by atoms with Crippen LogP contribution in [0.5, 0.6) is 0 Å². The molecular weight excluding hydrogens is 560 g/mol. The van der Waals surface area contributed by atoms with Crippen molar-refractivity contribution in [1.29, 1.82) is 0 Å². The van der Waals surface area contributed by atoms with E-state index in [2.05, 4.69) is 15.3 Å². The van der Waals surface area contributed by atoms with Crippen LogP contribution in [0.1, 0.15) is 43.9 Å². The maximum Gasteiger partial charge on any atom is 0.407 e. The molecule has 4 rings (SSSR count). The average Bonchev–Trinajstić information content (AvgIpc) is 3.02. The monoisotopic (exact) mass is 602 g/mol. The topological polar surface area (TPSA) is 124 Å². The average molecular weight is 603 g/mol. The first-order chi connectivity index (χ1) is 21.3. The van der Waals surface area contributed by atoms with Crippen LogP contribution in [0.3, 0.4) is 0 Å². The maximum atomic E-state index is 12.7. The van der Waals surface area contributed by atoms with Gasteiger partial charge in [-0.3, -0.25) is 0 Å². The van der Waals surface area contributed by atoms with E-state index in [9.17, 15) is 4.79 Å². The summed E-state index contributed by atoms with van der Waals surface area (Å²) in [6.07, 6.45) is -3.05. The van der Waals surface area contributed by atoms with E-state index in [0.29, 0.717) is 26.2 Å². The van der Waals surface area contributed by atoms with Crippen molar-refractivity contribution in [2.24, 2.45) is 5.11 Å². The third-order valence-electron chi connectivity index (χ3n) is 7.01. The number of azide groups is 1. The molecular formula is C34H42N4O6. The van der Waals surface area contributed by atoms with Crippen LogP contribution in [0.4, 0.5) is 4.79 Å². The first kappa shape index (κ1) is 33.0. The number of rotatable bonds is 14. The summed E-state index contributed by atoms with van der Waals surface area (Å²) >= 11 is 0. The van der Waals surface area contributed by atoms with E-state index in [-0.39, 0.29) is 13.1 Å². The van der Waals surface area contributed by atoms with E-state index in [1.807, 2.05) is 112 Å². The molecule has 0 unspecified atom stereocenters. The van der Waals surface area contributed by atoms with Crippen LogP contribution < -0.4 is 5.32 Å². The Bertz CT molecular complexity index is 1320. The molecule has 0 spiro atoms. The van der Waals surface area contributed by atoms with Gasteiger partial charge in [0, 0.05) is 18.0 Å². The van der Waals surface area contributed by atoms with E-state index < -0.39 is 42.2 Å². The van der Waals surface area contributed by atoms with Crippen molar-refractivity contribution in [2.75, 3.05) is 13.1 Å². The first-order valence-electron chi connectivity index (χ1n) is 14.9. The standard InChI is InChI=1S/C34H42N4O6/c1-34(2,3)44-33(39)36-21-29-31(41-23-26-15-9-5-10-16-26)32(42-24-27-17-11-6-12-18-27)30(28(43-29)19-20-37-38-35)40-22-25-13-7-4-8-14-25/h4-18,28-32H,19-24H2,1-3H3,(H,36,39)/t28-,29-,30+,31-,32-/m1/s1. The van der Waals surface area contributed by atoms with E-state index in [0.717, 1.165) is 16.7 Å². The summed E-state index contributed by atoms with van der Waals surface area (Å²) in [6, 6.07) is 29.6. The Morgan fingerprint density at radius 3 is 1.68 bits per heavy atom. The molecule has 0 saturated carbocycles. The van der Waals surface area contributed by atoms with E-state index in [1.54, 1.807) is 0 Å². The molecule has 1 fully saturated rings. The minimum Gasteiger partial charge on any atom is -0.444 e. The van der Waals surface area contributed by atoms with Crippen molar-refractivity contribution in [3.63, 3.8) is 0 Å². The van der Waals surface area contributed by atoms with Crippen molar-refractivity contribution in [3.05, 3.63) is 118 Å². The van der Waals surface area contributed by atoms with Crippen molar-refractivity contribution < 1.29 is 28.5 Å². The molecule has 1 N–H and O–H groups in total. The highest BCUT2D eigenvalue weighted by atomic mass is 16.6. The highest BCUT2D eigenvalue weighted by Crippen LogP contribution is 2.32. The number of nitrogens with zero attached hydrogens (tertiary/aromatic N) is 3. The SMILES string of the molecule is CC(C)(C)OC(=O)NC[C@H]1O[C@H](CCN=[N+]=[N-])[C@H](OCc2ccccc2)[C@@H](OCc2ccccc2)[C@@H]1OCc1ccccc1. The summed E-state index contributed by atoms with van der Waals surface area (Å²) in [7, 11) is 0. The van der Waals surface area contributed by atoms with Crippen molar-refractivity contribution in [2.45, 2.75) is 83.1 Å². The second-order valence-corrected chi connectivity index (χ2v) is 11.6. The molecule has 5 atom stereocenters. The summed E-state index contributed by atoms with van der Waals surface area (Å²) < 4.78 is 31.9. The summed E-state index contributed by atoms with van der Waals surface area (Å²) in [5.41, 5.74) is 11.3. The molecule has 10 heteroatoms. The molecule has 3 aromatic rings. The number of carbonyl (C=O) groups is 1. The molecule has 1 aliphatic rings. The lowest BCUT2D eigenvalue weighted by Crippen LogP contribution is -2.62. The molecule has 0 aromatic heterocycles. The van der Waals surface area contributed by atoms with Crippen LogP contribution in [-0.2, 0) is 43.5 Å². The number of nitrogens with one attached hydrogen (secondary N) is 1. The minimum absolute atomic E-state index is 0.114. The number of alkyl carbamates (subject to hydrolysis) is 1. The zero-order chi connectivity index (χ0) is 31.2. The van der Waals surface area contributed by atoms with E-state index >= 15 is 0 Å². The van der Waals surface area contributed by atoms with Gasteiger partial charge < -0.3 is 29.0 Å². The van der Waals surface area contributed by atoms with Gasteiger partial charge in [0.05, 0.1) is 25.9 Å². The Morgan fingerprint density at radius 2 is 1.23 bits per heavy atom. The van der Waals surface area contributed by atoms with Gasteiger partial charge in [0.1, 0.15) is 30.0 Å². The number of hydrogen-bond donors (Lipinski definition) is 1. The van der Waals surface area contributed by atoms with Crippen LogP contribution in [0.25, 0.3) is 10.4 Å². The molecule has 44 heavy (non-hydrogen) atoms. The van der Waals surface area contributed by atoms with Gasteiger partial charge in [0.2, 0.25) is 0 Å². The molecule has 1 saturated heterocycles. The van der Waals surface area contributed by atoms with Gasteiger partial charge >= 0.3 is 6.09 Å². The molecule has 234 valence electrons. The summed E-state index contributed by atoms with van der Waals surface area (Å²) in [4.78, 5) is 15.6. The lowest BCUT2D eigenvalue weighted by molar-refractivity contribution is -0.264. The molecule has 1 amide bonds. The van der Waals surface area contributed by atoms with Gasteiger partial charge in [0.15, 0.2) is 0 Å². The predicted octanol–water partition coefficient (Wildman–Crippen LogP) is 6.74. The Morgan fingerprint density at radius 1 is 0.773 bits per heavy atom. The van der Waals surface area contributed by atoms with Crippen molar-refractivity contribution in [1.82, 2.24) is 5.32 Å². The molecule has 0 radical (unpaired) electrons. The Kier molecular flexibility index (Phi) is 12.6. The fourth-order valence-corrected chi connectivity index (χ4v) is 5.01. The third-order valence-corrected chi connectivity index (χ3v) is 7.01. The highest BCUT2D eigenvalue weighted by Gasteiger charge is 2.48. The number of benzene rings is 3. The smallest absolute Gasteiger partial charge is 0.407 e. The van der Waals surface area contributed by atoms with E-state index in [4.69, 9.17) is 29.2 Å². The first-order valence-corrected chi connectivity index (χ1v) is 14.9. The van der Waals surface area contributed by atoms with Gasteiger partial charge in [-0.05, 0) is 49.4 Å². The number of carbonyl (C=O) groups excluding carboxylic acids is 1. The van der Waals surface area contributed by atoms with Crippen LogP contribution in [0, 0.1) is 0 Å². The molecule has 0 bridgehead atoms. The second kappa shape index (κ2) is 16.8. The fraction of sp³-hybridized carbons (Fsp3) is 0.441. The zero-order valence-electron chi connectivity index (χ0n) is 25.6. The second-order valence-electron chi connectivity index (χ2n) is 11.6. The summed E-state index contributed by atoms with van der Waals surface area (Å²) in [6.45, 7) is 6.69. The number of amides is 1. The molecule has 1 heterocycles. The Hall–Kier alpha value is -3.92. The van der Waals surface area contributed by atoms with Crippen LogP contribution in [-0.4, -0.2) is 55.3 Å². The van der Waals surface area contributed by atoms with Gasteiger partial charge in [-0.1, -0.05) is 96.1 Å². The van der Waals surface area contributed by atoms with Gasteiger partial charge in [0.25, 0.3) is 0 Å². The van der Waals surface area contributed by atoms with Gasteiger partial charge in [-0.2, -0.15) is 0 Å². The molecule has 1 aliphatic heterocycles. The van der Waals surface area contributed by atoms with Gasteiger partial charge in [-0.15, -0.1) is 0 Å². The third kappa shape index (κ3) is 10.7. The summed E-state index contributed by atoms with van der Waals surface area (Å²) in [5, 5.41) is 6.60. The van der Waals surface area contributed by atoms with Crippen LogP contribution in [0.2, 0.25) is 0 Å². The fourth-order valence-electron chi connectivity index (χ4n) is 5.01. The minimum atomic E-state index is -0.656. The summed E-state index contributed by atoms with van der Waals surface area (Å²) in [5.74, 6) is 0. The largest absolute Gasteiger partial charge is 0.444 e. The highest BCUT2D eigenvalue weighted by molar-refractivity contribution is 5.67. The van der Waals surface area contributed by atoms with E-state index in [1.165, 1.54) is 0 Å². The lowest BCUT2D eigenvalue weighted by atomic mass is 9.92. The zero-order valence-corrected chi connectivity index (χ0v) is 25.6. The number of hydrogen-bond acceptors (Lipinski definition) is 7. The number of ether oxygens (including phenoxy) is 5. The normalized spacial score (nSPS) is 21.7. The molecule has 0 aliphatic carbocycles. The Labute approximate surface area is 259 Å². The lowest BCUT2D eigenvalue weighted by Gasteiger charge is -2.46. The maximum absolute atomic E-state index is 12.7. The molecule has 10 nitrogen and oxygen atoms in total. The van der Waals surface area contributed by atoms with Crippen LogP contribution in [0.15, 0.2) is 96.1 Å². The Balaban J connectivity index is 1.65.